The van der Waals surface area contributed by atoms with Crippen molar-refractivity contribution in [1.82, 2.24) is 9.55 Å². The number of ketones is 1. The van der Waals surface area contributed by atoms with Gasteiger partial charge in [0.05, 0.1) is 6.20 Å². The smallest absolute Gasteiger partial charge is 0.274 e. The number of halogens is 1. The molecule has 3 aromatic rings. The molecule has 0 fully saturated rings. The predicted octanol–water partition coefficient (Wildman–Crippen LogP) is 4.19. The molecule has 7 heteroatoms. The van der Waals surface area contributed by atoms with E-state index in [1.807, 2.05) is 6.26 Å². The Hall–Kier alpha value is -2.93. The fourth-order valence-electron chi connectivity index (χ4n) is 2.49. The molecule has 1 amide bonds. The number of hydrogen-bond acceptors (Lipinski definition) is 4. The highest BCUT2D eigenvalue weighted by Gasteiger charge is 2.18. The molecule has 0 aliphatic heterocycles. The first kappa shape index (κ1) is 17.9. The van der Waals surface area contributed by atoms with Crippen molar-refractivity contribution in [2.45, 2.75) is 12.1 Å². The maximum absolute atomic E-state index is 13.2. The molecule has 0 saturated carbocycles. The number of imidazole rings is 1. The van der Waals surface area contributed by atoms with E-state index in [0.717, 1.165) is 0 Å². The molecule has 0 saturated heterocycles. The van der Waals surface area contributed by atoms with Gasteiger partial charge in [0.25, 0.3) is 5.91 Å². The SMILES string of the molecule is CSc1ncc(C(=O)Nc2cccc(C(C)=O)c2)n1-c1ccc(F)cc1. The number of anilines is 1. The van der Waals surface area contributed by atoms with Crippen molar-refractivity contribution in [2.75, 3.05) is 11.6 Å². The number of carbonyl (C=O) groups excluding carboxylic acids is 2. The van der Waals surface area contributed by atoms with E-state index in [1.165, 1.54) is 37.0 Å². The number of nitrogens with one attached hydrogen (secondary N) is 1. The summed E-state index contributed by atoms with van der Waals surface area (Å²) in [7, 11) is 0. The lowest BCUT2D eigenvalue weighted by Crippen LogP contribution is -2.17. The van der Waals surface area contributed by atoms with Gasteiger partial charge in [-0.15, -0.1) is 0 Å². The molecule has 1 heterocycles. The zero-order valence-corrected chi connectivity index (χ0v) is 15.0. The molecule has 0 radical (unpaired) electrons. The molecule has 0 aliphatic carbocycles. The molecule has 132 valence electrons. The van der Waals surface area contributed by atoms with E-state index in [2.05, 4.69) is 10.3 Å². The van der Waals surface area contributed by atoms with Crippen LogP contribution in [0, 0.1) is 5.82 Å². The number of rotatable bonds is 5. The lowest BCUT2D eigenvalue weighted by molar-refractivity contribution is 0.100. The van der Waals surface area contributed by atoms with Gasteiger partial charge in [-0.2, -0.15) is 0 Å². The molecule has 3 rings (SSSR count). The minimum atomic E-state index is -0.372. The lowest BCUT2D eigenvalue weighted by Gasteiger charge is -2.11. The Kier molecular flexibility index (Phi) is 5.18. The molecular formula is C19H16FN3O2S. The van der Waals surface area contributed by atoms with Crippen LogP contribution in [-0.4, -0.2) is 27.5 Å². The molecule has 2 aromatic carbocycles. The van der Waals surface area contributed by atoms with Crippen molar-refractivity contribution in [2.24, 2.45) is 0 Å². The third-order valence-electron chi connectivity index (χ3n) is 3.76. The number of Topliss-reactive ketones (excluding diaryl/α,β-unsaturated/α-hetero) is 1. The summed E-state index contributed by atoms with van der Waals surface area (Å²) in [5.41, 5.74) is 1.98. The summed E-state index contributed by atoms with van der Waals surface area (Å²) in [4.78, 5) is 28.5. The fourth-order valence-corrected chi connectivity index (χ4v) is 3.03. The second-order valence-electron chi connectivity index (χ2n) is 5.53. The molecule has 1 aromatic heterocycles. The van der Waals surface area contributed by atoms with Gasteiger partial charge in [-0.05, 0) is 49.6 Å². The molecule has 0 atom stereocenters. The Balaban J connectivity index is 1.95. The molecule has 5 nitrogen and oxygen atoms in total. The van der Waals surface area contributed by atoms with Gasteiger partial charge in [0.15, 0.2) is 10.9 Å². The van der Waals surface area contributed by atoms with Crippen molar-refractivity contribution in [1.29, 1.82) is 0 Å². The first-order valence-corrected chi connectivity index (χ1v) is 9.02. The Bertz CT molecular complexity index is 967. The van der Waals surface area contributed by atoms with Gasteiger partial charge in [-0.1, -0.05) is 23.9 Å². The van der Waals surface area contributed by atoms with Crippen molar-refractivity contribution in [3.05, 3.63) is 71.8 Å². The van der Waals surface area contributed by atoms with Gasteiger partial charge in [-0.25, -0.2) is 9.37 Å². The van der Waals surface area contributed by atoms with Gasteiger partial charge in [0.1, 0.15) is 11.5 Å². The summed E-state index contributed by atoms with van der Waals surface area (Å²) in [6.45, 7) is 1.47. The third-order valence-corrected chi connectivity index (χ3v) is 4.41. The fraction of sp³-hybridized carbons (Fsp3) is 0.105. The number of hydrogen-bond donors (Lipinski definition) is 1. The summed E-state index contributed by atoms with van der Waals surface area (Å²) in [5, 5.41) is 3.39. The first-order chi connectivity index (χ1) is 12.5. The summed E-state index contributed by atoms with van der Waals surface area (Å²) < 4.78 is 14.9. The molecule has 1 N–H and O–H groups in total. The van der Waals surface area contributed by atoms with Crippen LogP contribution in [0.3, 0.4) is 0 Å². The van der Waals surface area contributed by atoms with Crippen molar-refractivity contribution in [3.63, 3.8) is 0 Å². The van der Waals surface area contributed by atoms with Gasteiger partial charge in [0, 0.05) is 16.9 Å². The predicted molar refractivity (Wildman–Crippen MR) is 99.7 cm³/mol. The number of benzene rings is 2. The lowest BCUT2D eigenvalue weighted by atomic mass is 10.1. The van der Waals surface area contributed by atoms with E-state index < -0.39 is 0 Å². The third kappa shape index (κ3) is 3.67. The van der Waals surface area contributed by atoms with Crippen LogP contribution in [0.25, 0.3) is 5.69 Å². The summed E-state index contributed by atoms with van der Waals surface area (Å²) in [5.74, 6) is -0.809. The Morgan fingerprint density at radius 3 is 2.54 bits per heavy atom. The monoisotopic (exact) mass is 369 g/mol. The maximum atomic E-state index is 13.2. The molecule has 0 unspecified atom stereocenters. The Morgan fingerprint density at radius 1 is 1.15 bits per heavy atom. The highest BCUT2D eigenvalue weighted by molar-refractivity contribution is 7.98. The van der Waals surface area contributed by atoms with E-state index in [1.54, 1.807) is 41.0 Å². The Morgan fingerprint density at radius 2 is 1.88 bits per heavy atom. The van der Waals surface area contributed by atoms with Crippen molar-refractivity contribution in [3.8, 4) is 5.69 Å². The largest absolute Gasteiger partial charge is 0.321 e. The second kappa shape index (κ2) is 7.53. The minimum Gasteiger partial charge on any atom is -0.321 e. The van der Waals surface area contributed by atoms with Crippen LogP contribution in [0.2, 0.25) is 0 Å². The number of amides is 1. The van der Waals surface area contributed by atoms with Crippen LogP contribution >= 0.6 is 11.8 Å². The molecule has 0 bridgehead atoms. The summed E-state index contributed by atoms with van der Waals surface area (Å²) in [6.07, 6.45) is 3.32. The van der Waals surface area contributed by atoms with Crippen LogP contribution in [0.4, 0.5) is 10.1 Å². The average Bonchev–Trinajstić information content (AvgIpc) is 3.06. The van der Waals surface area contributed by atoms with E-state index >= 15 is 0 Å². The standard InChI is InChI=1S/C19H16FN3O2S/c1-12(24)13-4-3-5-15(10-13)22-18(25)17-11-21-19(26-2)23(17)16-8-6-14(20)7-9-16/h3-11H,1-2H3,(H,22,25). The van der Waals surface area contributed by atoms with Gasteiger partial charge in [-0.3, -0.25) is 14.2 Å². The van der Waals surface area contributed by atoms with Crippen LogP contribution in [-0.2, 0) is 0 Å². The number of aromatic nitrogens is 2. The molecule has 0 aliphatic rings. The topological polar surface area (TPSA) is 64.0 Å². The van der Waals surface area contributed by atoms with Gasteiger partial charge < -0.3 is 5.32 Å². The van der Waals surface area contributed by atoms with E-state index in [4.69, 9.17) is 0 Å². The Labute approximate surface area is 154 Å². The summed E-state index contributed by atoms with van der Waals surface area (Å²) >= 11 is 1.38. The number of thioether (sulfide) groups is 1. The van der Waals surface area contributed by atoms with E-state index in [-0.39, 0.29) is 17.5 Å². The minimum absolute atomic E-state index is 0.0814. The zero-order chi connectivity index (χ0) is 18.7. The van der Waals surface area contributed by atoms with Crippen LogP contribution in [0.5, 0.6) is 0 Å². The highest BCUT2D eigenvalue weighted by Crippen LogP contribution is 2.23. The van der Waals surface area contributed by atoms with Gasteiger partial charge in [0.2, 0.25) is 0 Å². The van der Waals surface area contributed by atoms with Gasteiger partial charge >= 0.3 is 0 Å². The quantitative estimate of drug-likeness (QED) is 0.541. The second-order valence-corrected chi connectivity index (χ2v) is 6.31. The van der Waals surface area contributed by atoms with Crippen LogP contribution in [0.15, 0.2) is 59.9 Å². The van der Waals surface area contributed by atoms with E-state index in [9.17, 15) is 14.0 Å². The maximum Gasteiger partial charge on any atom is 0.274 e. The number of carbonyl (C=O) groups is 2. The first-order valence-electron chi connectivity index (χ1n) is 7.79. The summed E-state index contributed by atoms with van der Waals surface area (Å²) in [6, 6.07) is 12.6. The van der Waals surface area contributed by atoms with Crippen molar-refractivity contribution >= 4 is 29.1 Å². The molecular weight excluding hydrogens is 353 g/mol. The zero-order valence-electron chi connectivity index (χ0n) is 14.2. The van der Waals surface area contributed by atoms with Crippen LogP contribution in [0.1, 0.15) is 27.8 Å². The normalized spacial score (nSPS) is 10.6. The molecule has 26 heavy (non-hydrogen) atoms. The van der Waals surface area contributed by atoms with Crippen molar-refractivity contribution < 1.29 is 14.0 Å². The molecule has 0 spiro atoms. The van der Waals surface area contributed by atoms with Crippen LogP contribution < -0.4 is 5.32 Å². The van der Waals surface area contributed by atoms with E-state index in [0.29, 0.717) is 27.8 Å². The average molecular weight is 369 g/mol. The number of nitrogens with zero attached hydrogens (tertiary/aromatic N) is 2. The highest BCUT2D eigenvalue weighted by atomic mass is 32.2.